The van der Waals surface area contributed by atoms with Crippen LogP contribution in [0.25, 0.3) is 10.4 Å². The van der Waals surface area contributed by atoms with Crippen LogP contribution in [0.2, 0.25) is 0 Å². The van der Waals surface area contributed by atoms with Crippen molar-refractivity contribution in [3.05, 3.63) is 41.8 Å². The molecule has 2 aromatic rings. The van der Waals surface area contributed by atoms with E-state index in [2.05, 4.69) is 10.8 Å². The topological polar surface area (TPSA) is 55.4 Å². The second kappa shape index (κ2) is 7.26. The highest BCUT2D eigenvalue weighted by molar-refractivity contribution is 7.90. The molecule has 0 fully saturated rings. The fraction of sp³-hybridized carbons (Fsp3) is 0.375. The van der Waals surface area contributed by atoms with E-state index in [0.29, 0.717) is 0 Å². The number of benzene rings is 1. The van der Waals surface area contributed by atoms with Crippen LogP contribution in [0.4, 0.5) is 0 Å². The van der Waals surface area contributed by atoms with E-state index in [1.807, 2.05) is 42.6 Å². The second-order valence-electron chi connectivity index (χ2n) is 5.37. The standard InChI is InChI=1S/C16H21NO3S2/c1-12(2)22(18,19)17-11-13(3)20-15-8-6-14(7-9-15)16-5-4-10-21-16/h4-10,12-13,17H,11H2,1-3H3. The quantitative estimate of drug-likeness (QED) is 0.840. The zero-order chi connectivity index (χ0) is 16.2. The molecule has 2 rings (SSSR count). The summed E-state index contributed by atoms with van der Waals surface area (Å²) in [6, 6.07) is 11.9. The number of ether oxygens (including phenoxy) is 1. The molecule has 1 aromatic heterocycles. The highest BCUT2D eigenvalue weighted by Crippen LogP contribution is 2.26. The van der Waals surface area contributed by atoms with E-state index in [4.69, 9.17) is 4.74 Å². The third-order valence-electron chi connectivity index (χ3n) is 3.19. The maximum absolute atomic E-state index is 11.7. The fourth-order valence-corrected chi connectivity index (χ4v) is 3.35. The Balaban J connectivity index is 1.91. The lowest BCUT2D eigenvalue weighted by Gasteiger charge is -2.17. The average molecular weight is 339 g/mol. The van der Waals surface area contributed by atoms with Crippen LogP contribution in [0.5, 0.6) is 5.75 Å². The summed E-state index contributed by atoms with van der Waals surface area (Å²) in [6.45, 7) is 5.40. The van der Waals surface area contributed by atoms with Crippen LogP contribution < -0.4 is 9.46 Å². The first-order valence-electron chi connectivity index (χ1n) is 7.17. The summed E-state index contributed by atoms with van der Waals surface area (Å²) >= 11 is 1.69. The number of thiophene rings is 1. The maximum Gasteiger partial charge on any atom is 0.214 e. The molecule has 0 amide bonds. The molecular weight excluding hydrogens is 318 g/mol. The van der Waals surface area contributed by atoms with Crippen molar-refractivity contribution in [2.75, 3.05) is 6.54 Å². The van der Waals surface area contributed by atoms with Gasteiger partial charge < -0.3 is 4.74 Å². The zero-order valence-electron chi connectivity index (χ0n) is 12.9. The smallest absolute Gasteiger partial charge is 0.214 e. The van der Waals surface area contributed by atoms with Gasteiger partial charge in [-0.25, -0.2) is 13.1 Å². The Labute approximate surface area is 136 Å². The summed E-state index contributed by atoms with van der Waals surface area (Å²) in [5.74, 6) is 0.733. The summed E-state index contributed by atoms with van der Waals surface area (Å²) < 4.78 is 31.7. The SMILES string of the molecule is CC(CNS(=O)(=O)C(C)C)Oc1ccc(-c2cccs2)cc1. The van der Waals surface area contributed by atoms with Crippen LogP contribution >= 0.6 is 11.3 Å². The summed E-state index contributed by atoms with van der Waals surface area (Å²) in [7, 11) is -3.25. The monoisotopic (exact) mass is 339 g/mol. The normalized spacial score (nSPS) is 13.3. The summed E-state index contributed by atoms with van der Waals surface area (Å²) in [5.41, 5.74) is 1.15. The van der Waals surface area contributed by atoms with Crippen LogP contribution in [-0.4, -0.2) is 26.3 Å². The van der Waals surface area contributed by atoms with Crippen molar-refractivity contribution in [1.82, 2.24) is 4.72 Å². The van der Waals surface area contributed by atoms with E-state index in [9.17, 15) is 8.42 Å². The van der Waals surface area contributed by atoms with Crippen LogP contribution in [0.15, 0.2) is 41.8 Å². The van der Waals surface area contributed by atoms with E-state index in [1.54, 1.807) is 25.2 Å². The van der Waals surface area contributed by atoms with Gasteiger partial charge in [0.05, 0.1) is 5.25 Å². The van der Waals surface area contributed by atoms with Crippen molar-refractivity contribution in [3.63, 3.8) is 0 Å². The molecule has 1 aromatic carbocycles. The van der Waals surface area contributed by atoms with Gasteiger partial charge in [-0.05, 0) is 62.0 Å². The van der Waals surface area contributed by atoms with Gasteiger partial charge in [0.2, 0.25) is 10.0 Å². The Morgan fingerprint density at radius 1 is 1.14 bits per heavy atom. The lowest BCUT2D eigenvalue weighted by atomic mass is 10.2. The van der Waals surface area contributed by atoms with Gasteiger partial charge in [-0.1, -0.05) is 6.07 Å². The highest BCUT2D eigenvalue weighted by atomic mass is 32.2. The van der Waals surface area contributed by atoms with Gasteiger partial charge in [0, 0.05) is 11.4 Å². The highest BCUT2D eigenvalue weighted by Gasteiger charge is 2.16. The van der Waals surface area contributed by atoms with Crippen molar-refractivity contribution in [2.45, 2.75) is 32.1 Å². The van der Waals surface area contributed by atoms with Crippen LogP contribution in [0.3, 0.4) is 0 Å². The van der Waals surface area contributed by atoms with Gasteiger partial charge in [-0.3, -0.25) is 0 Å². The van der Waals surface area contributed by atoms with Crippen molar-refractivity contribution in [3.8, 4) is 16.2 Å². The molecule has 0 spiro atoms. The molecule has 0 aliphatic rings. The third kappa shape index (κ3) is 4.56. The van der Waals surface area contributed by atoms with Gasteiger partial charge in [-0.2, -0.15) is 0 Å². The van der Waals surface area contributed by atoms with Gasteiger partial charge >= 0.3 is 0 Å². The largest absolute Gasteiger partial charge is 0.489 e. The molecule has 0 aliphatic heterocycles. The number of hydrogen-bond acceptors (Lipinski definition) is 4. The third-order valence-corrected chi connectivity index (χ3v) is 5.92. The summed E-state index contributed by atoms with van der Waals surface area (Å²) in [5, 5.41) is 1.60. The molecule has 1 atom stereocenters. The number of hydrogen-bond donors (Lipinski definition) is 1. The van der Waals surface area contributed by atoms with Crippen LogP contribution in [0, 0.1) is 0 Å². The Hall–Kier alpha value is -1.37. The minimum absolute atomic E-state index is 0.235. The van der Waals surface area contributed by atoms with E-state index < -0.39 is 15.3 Å². The Morgan fingerprint density at radius 2 is 1.82 bits per heavy atom. The maximum atomic E-state index is 11.7. The minimum Gasteiger partial charge on any atom is -0.489 e. The molecule has 0 saturated carbocycles. The molecule has 0 aliphatic carbocycles. The predicted octanol–water partition coefficient (Wildman–Crippen LogP) is 3.51. The Kier molecular flexibility index (Phi) is 5.61. The van der Waals surface area contributed by atoms with Crippen molar-refractivity contribution >= 4 is 21.4 Å². The molecule has 1 heterocycles. The van der Waals surface area contributed by atoms with Crippen molar-refractivity contribution in [1.29, 1.82) is 0 Å². The van der Waals surface area contributed by atoms with Gasteiger partial charge in [0.15, 0.2) is 0 Å². The van der Waals surface area contributed by atoms with Crippen LogP contribution in [-0.2, 0) is 10.0 Å². The predicted molar refractivity (Wildman–Crippen MR) is 91.9 cm³/mol. The number of rotatable bonds is 7. The molecule has 0 bridgehead atoms. The van der Waals surface area contributed by atoms with Gasteiger partial charge in [0.1, 0.15) is 11.9 Å². The molecule has 4 nitrogen and oxygen atoms in total. The van der Waals surface area contributed by atoms with E-state index in [1.165, 1.54) is 4.88 Å². The van der Waals surface area contributed by atoms with E-state index >= 15 is 0 Å². The van der Waals surface area contributed by atoms with Crippen molar-refractivity contribution < 1.29 is 13.2 Å². The minimum atomic E-state index is -3.25. The first-order valence-corrected chi connectivity index (χ1v) is 9.60. The summed E-state index contributed by atoms with van der Waals surface area (Å²) in [4.78, 5) is 1.21. The van der Waals surface area contributed by atoms with Gasteiger partial charge in [0.25, 0.3) is 0 Å². The molecule has 1 unspecified atom stereocenters. The second-order valence-corrected chi connectivity index (χ2v) is 8.64. The number of nitrogens with one attached hydrogen (secondary N) is 1. The first-order chi connectivity index (χ1) is 10.4. The Bertz CT molecular complexity index is 677. The molecule has 0 saturated heterocycles. The molecule has 1 N–H and O–H groups in total. The van der Waals surface area contributed by atoms with Crippen molar-refractivity contribution in [2.24, 2.45) is 0 Å². The molecular formula is C16H21NO3S2. The summed E-state index contributed by atoms with van der Waals surface area (Å²) in [6.07, 6.45) is -0.235. The van der Waals surface area contributed by atoms with E-state index in [-0.39, 0.29) is 12.6 Å². The molecule has 6 heteroatoms. The lowest BCUT2D eigenvalue weighted by Crippen LogP contribution is -2.37. The van der Waals surface area contributed by atoms with Crippen LogP contribution in [0.1, 0.15) is 20.8 Å². The molecule has 120 valence electrons. The zero-order valence-corrected chi connectivity index (χ0v) is 14.6. The molecule has 0 radical (unpaired) electrons. The molecule has 22 heavy (non-hydrogen) atoms. The Morgan fingerprint density at radius 3 is 2.36 bits per heavy atom. The first kappa shape index (κ1) is 17.0. The van der Waals surface area contributed by atoms with E-state index in [0.717, 1.165) is 11.3 Å². The fourth-order valence-electron chi connectivity index (χ4n) is 1.81. The lowest BCUT2D eigenvalue weighted by molar-refractivity contribution is 0.225. The number of sulfonamides is 1. The van der Waals surface area contributed by atoms with Gasteiger partial charge in [-0.15, -0.1) is 11.3 Å². The average Bonchev–Trinajstić information content (AvgIpc) is 3.00.